The van der Waals surface area contributed by atoms with Gasteiger partial charge in [-0.3, -0.25) is 24.2 Å². The largest absolute Gasteiger partial charge is 0.433 e. The first-order valence-electron chi connectivity index (χ1n) is 12.0. The molecule has 2 saturated heterocycles. The van der Waals surface area contributed by atoms with Crippen LogP contribution in [0.25, 0.3) is 11.3 Å². The fraction of sp³-hybridized carbons (Fsp3) is 0.583. The van der Waals surface area contributed by atoms with E-state index < -0.39 is 18.0 Å². The zero-order valence-electron chi connectivity index (χ0n) is 19.8. The Morgan fingerprint density at radius 3 is 2.64 bits per heavy atom. The number of ether oxygens (including phenoxy) is 1. The molecular weight excluding hydrogens is 495 g/mol. The summed E-state index contributed by atoms with van der Waals surface area (Å²) >= 11 is 1.45. The SMILES string of the molecule is CC1(C)C2C(=O)N(CC3Cc4nccc(-c5cc(C(F)(F)F)n(CC6CNCCO6)n5)c4S3)C(=O)C21. The Hall–Kier alpha value is -2.44. The molecule has 2 aromatic rings. The van der Waals surface area contributed by atoms with Gasteiger partial charge in [0.1, 0.15) is 5.69 Å². The van der Waals surface area contributed by atoms with Gasteiger partial charge in [-0.25, -0.2) is 0 Å². The molecule has 0 bridgehead atoms. The number of thioether (sulfide) groups is 1. The van der Waals surface area contributed by atoms with Crippen molar-refractivity contribution in [2.24, 2.45) is 17.3 Å². The molecule has 4 unspecified atom stereocenters. The van der Waals surface area contributed by atoms with Crippen LogP contribution in [0.3, 0.4) is 0 Å². The lowest BCUT2D eigenvalue weighted by atomic mass is 10.1. The second-order valence-corrected chi connectivity index (χ2v) is 11.7. The van der Waals surface area contributed by atoms with Gasteiger partial charge in [0, 0.05) is 48.0 Å². The van der Waals surface area contributed by atoms with E-state index in [1.807, 2.05) is 13.8 Å². The molecule has 36 heavy (non-hydrogen) atoms. The maximum absolute atomic E-state index is 13.9. The number of likely N-dealkylation sites (tertiary alicyclic amines) is 1. The summed E-state index contributed by atoms with van der Waals surface area (Å²) in [4.78, 5) is 32.1. The molecule has 1 aliphatic carbocycles. The third-order valence-electron chi connectivity index (χ3n) is 7.69. The number of fused-ring (bicyclic) bond motifs is 2. The molecule has 2 amide bonds. The number of amides is 2. The first kappa shape index (κ1) is 23.9. The Kier molecular flexibility index (Phi) is 5.51. The molecule has 1 N–H and O–H groups in total. The number of imide groups is 1. The lowest BCUT2D eigenvalue weighted by molar-refractivity contribution is -0.145. The van der Waals surface area contributed by atoms with Crippen molar-refractivity contribution in [3.05, 3.63) is 29.7 Å². The molecule has 1 saturated carbocycles. The average molecular weight is 522 g/mol. The molecule has 3 fully saturated rings. The van der Waals surface area contributed by atoms with Crippen molar-refractivity contribution >= 4 is 23.6 Å². The van der Waals surface area contributed by atoms with E-state index in [2.05, 4.69) is 15.4 Å². The Morgan fingerprint density at radius 1 is 1.22 bits per heavy atom. The van der Waals surface area contributed by atoms with E-state index in [1.54, 1.807) is 12.3 Å². The van der Waals surface area contributed by atoms with Crippen LogP contribution in [-0.2, 0) is 33.5 Å². The molecule has 5 heterocycles. The molecule has 4 aliphatic rings. The summed E-state index contributed by atoms with van der Waals surface area (Å²) in [7, 11) is 0. The van der Waals surface area contributed by atoms with Crippen LogP contribution in [0.5, 0.6) is 0 Å². The molecule has 6 rings (SSSR count). The van der Waals surface area contributed by atoms with Gasteiger partial charge in [-0.15, -0.1) is 11.8 Å². The lowest BCUT2D eigenvalue weighted by Gasteiger charge is -2.24. The van der Waals surface area contributed by atoms with Crippen molar-refractivity contribution < 1.29 is 27.5 Å². The third-order valence-corrected chi connectivity index (χ3v) is 9.03. The minimum atomic E-state index is -4.57. The first-order chi connectivity index (χ1) is 17.1. The molecule has 0 spiro atoms. The zero-order chi connectivity index (χ0) is 25.4. The number of carbonyl (C=O) groups excluding carboxylic acids is 2. The second-order valence-electron chi connectivity index (χ2n) is 10.4. The summed E-state index contributed by atoms with van der Waals surface area (Å²) in [6.45, 7) is 5.72. The average Bonchev–Trinajstić information content (AvgIpc) is 3.19. The quantitative estimate of drug-likeness (QED) is 0.605. The number of carbonyl (C=O) groups is 2. The van der Waals surface area contributed by atoms with Crippen molar-refractivity contribution in [3.63, 3.8) is 0 Å². The summed E-state index contributed by atoms with van der Waals surface area (Å²) in [6, 6.07) is 2.74. The van der Waals surface area contributed by atoms with Crippen LogP contribution in [0.4, 0.5) is 13.2 Å². The molecule has 4 atom stereocenters. The number of halogens is 3. The number of hydrogen-bond donors (Lipinski definition) is 1. The number of alkyl halides is 3. The number of pyridine rings is 1. The molecule has 0 radical (unpaired) electrons. The van der Waals surface area contributed by atoms with Crippen LogP contribution in [0.2, 0.25) is 0 Å². The van der Waals surface area contributed by atoms with Crippen LogP contribution in [0.15, 0.2) is 23.2 Å². The van der Waals surface area contributed by atoms with Gasteiger partial charge < -0.3 is 10.1 Å². The van der Waals surface area contributed by atoms with E-state index in [9.17, 15) is 22.8 Å². The highest BCUT2D eigenvalue weighted by Crippen LogP contribution is 2.63. The van der Waals surface area contributed by atoms with Crippen molar-refractivity contribution in [2.75, 3.05) is 26.2 Å². The number of morpholine rings is 1. The molecule has 8 nitrogen and oxygen atoms in total. The topological polar surface area (TPSA) is 89.3 Å². The van der Waals surface area contributed by atoms with Gasteiger partial charge in [0.15, 0.2) is 0 Å². The van der Waals surface area contributed by atoms with Crippen molar-refractivity contribution in [3.8, 4) is 11.3 Å². The highest BCUT2D eigenvalue weighted by Gasteiger charge is 2.72. The Balaban J connectivity index is 1.24. The Bertz CT molecular complexity index is 1220. The molecule has 3 aliphatic heterocycles. The first-order valence-corrected chi connectivity index (χ1v) is 12.9. The van der Waals surface area contributed by atoms with Gasteiger partial charge in [-0.1, -0.05) is 13.8 Å². The monoisotopic (exact) mass is 521 g/mol. The molecular formula is C24H26F3N5O3S. The van der Waals surface area contributed by atoms with Crippen LogP contribution in [0.1, 0.15) is 25.2 Å². The number of piperidine rings is 1. The van der Waals surface area contributed by atoms with E-state index in [4.69, 9.17) is 4.74 Å². The zero-order valence-corrected chi connectivity index (χ0v) is 20.7. The van der Waals surface area contributed by atoms with Gasteiger partial charge in [-0.05, 0) is 17.5 Å². The summed E-state index contributed by atoms with van der Waals surface area (Å²) in [5.74, 6) is -0.707. The number of rotatable bonds is 5. The maximum Gasteiger partial charge on any atom is 0.433 e. The number of hydrogen-bond acceptors (Lipinski definition) is 7. The summed E-state index contributed by atoms with van der Waals surface area (Å²) < 4.78 is 48.1. The molecule has 192 valence electrons. The Morgan fingerprint density at radius 2 is 1.97 bits per heavy atom. The van der Waals surface area contributed by atoms with E-state index in [-0.39, 0.29) is 53.1 Å². The van der Waals surface area contributed by atoms with E-state index >= 15 is 0 Å². The van der Waals surface area contributed by atoms with Crippen LogP contribution in [-0.4, -0.2) is 69.1 Å². The fourth-order valence-electron chi connectivity index (χ4n) is 5.73. The van der Waals surface area contributed by atoms with E-state index in [0.717, 1.165) is 21.3 Å². The number of nitrogens with one attached hydrogen (secondary N) is 1. The molecule has 0 aromatic carbocycles. The number of aromatic nitrogens is 3. The van der Waals surface area contributed by atoms with Gasteiger partial charge >= 0.3 is 6.18 Å². The predicted molar refractivity (Wildman–Crippen MR) is 124 cm³/mol. The minimum absolute atomic E-state index is 0.0112. The normalized spacial score (nSPS) is 29.0. The van der Waals surface area contributed by atoms with Gasteiger partial charge in [0.05, 0.1) is 42.5 Å². The van der Waals surface area contributed by atoms with Gasteiger partial charge in [-0.2, -0.15) is 18.3 Å². The smallest absolute Gasteiger partial charge is 0.374 e. The van der Waals surface area contributed by atoms with Gasteiger partial charge in [0.25, 0.3) is 0 Å². The Labute approximate surface area is 209 Å². The minimum Gasteiger partial charge on any atom is -0.374 e. The summed E-state index contributed by atoms with van der Waals surface area (Å²) in [6.07, 6.45) is -2.87. The van der Waals surface area contributed by atoms with E-state index in [0.29, 0.717) is 31.7 Å². The van der Waals surface area contributed by atoms with E-state index in [1.165, 1.54) is 16.7 Å². The number of nitrogens with zero attached hydrogens (tertiary/aromatic N) is 4. The predicted octanol–water partition coefficient (Wildman–Crippen LogP) is 2.61. The molecule has 2 aromatic heterocycles. The van der Waals surface area contributed by atoms with Crippen LogP contribution in [0, 0.1) is 17.3 Å². The fourth-order valence-corrected chi connectivity index (χ4v) is 7.10. The third kappa shape index (κ3) is 3.84. The van der Waals surface area contributed by atoms with Gasteiger partial charge in [0.2, 0.25) is 11.8 Å². The lowest BCUT2D eigenvalue weighted by Crippen LogP contribution is -2.41. The second kappa shape index (κ2) is 8.29. The summed E-state index contributed by atoms with van der Waals surface area (Å²) in [5.41, 5.74) is 0.442. The van der Waals surface area contributed by atoms with Crippen LogP contribution < -0.4 is 5.32 Å². The van der Waals surface area contributed by atoms with Crippen molar-refractivity contribution in [1.82, 2.24) is 25.0 Å². The van der Waals surface area contributed by atoms with Crippen molar-refractivity contribution in [2.45, 2.75) is 49.2 Å². The maximum atomic E-state index is 13.9. The molecule has 12 heteroatoms. The van der Waals surface area contributed by atoms with Crippen LogP contribution >= 0.6 is 11.8 Å². The van der Waals surface area contributed by atoms with Crippen molar-refractivity contribution in [1.29, 1.82) is 0 Å². The summed E-state index contributed by atoms with van der Waals surface area (Å²) in [5, 5.41) is 7.35. The highest BCUT2D eigenvalue weighted by molar-refractivity contribution is 8.00. The standard InChI is InChI=1S/C24H26F3N5O3S/c1-23(2)18-19(23)22(34)31(21(18)33)11-13-7-16-20(36-13)14(3-4-29-16)15-8-17(24(25,26)27)32(30-15)10-12-9-28-5-6-35-12/h3-4,8,12-13,18-19,28H,5-7,9-11H2,1-2H3. The highest BCUT2D eigenvalue weighted by atomic mass is 32.2.